The Morgan fingerprint density at radius 3 is 2.20 bits per heavy atom. The molecule has 0 spiro atoms. The van der Waals surface area contributed by atoms with Gasteiger partial charge >= 0.3 is 0 Å². The Hall–Kier alpha value is -1.61. The molecule has 0 aliphatic heterocycles. The molecule has 0 fully saturated rings. The Bertz CT molecular complexity index is 599. The summed E-state index contributed by atoms with van der Waals surface area (Å²) in [4.78, 5) is 12.5. The lowest BCUT2D eigenvalue weighted by Gasteiger charge is -2.17. The van der Waals surface area contributed by atoms with Crippen LogP contribution in [0.4, 0.5) is 0 Å². The van der Waals surface area contributed by atoms with Crippen molar-refractivity contribution < 1.29 is 4.79 Å². The molecule has 2 aromatic rings. The molecule has 20 heavy (non-hydrogen) atoms. The Morgan fingerprint density at radius 1 is 1.10 bits per heavy atom. The number of nitrogens with one attached hydrogen (secondary N) is 1. The number of carbonyl (C=O) groups excluding carboxylic acids is 1. The van der Waals surface area contributed by atoms with Crippen LogP contribution in [0.1, 0.15) is 40.0 Å². The summed E-state index contributed by atoms with van der Waals surface area (Å²) in [6, 6.07) is 13.9. The van der Waals surface area contributed by atoms with Crippen molar-refractivity contribution in [2.75, 3.05) is 0 Å². The molecule has 0 aliphatic carbocycles. The number of halogens is 1. The van der Waals surface area contributed by atoms with Crippen LogP contribution in [0.3, 0.4) is 0 Å². The maximum atomic E-state index is 12.5. The van der Waals surface area contributed by atoms with E-state index in [9.17, 15) is 4.79 Å². The van der Waals surface area contributed by atoms with Gasteiger partial charge in [0.05, 0.1) is 6.04 Å². The first-order valence-corrected chi connectivity index (χ1v) is 7.41. The Morgan fingerprint density at radius 2 is 1.65 bits per heavy atom. The molecule has 0 saturated heterocycles. The highest BCUT2D eigenvalue weighted by Gasteiger charge is 2.15. The zero-order chi connectivity index (χ0) is 14.7. The molecular formula is C17H18BrNO. The molecule has 0 aromatic heterocycles. The summed E-state index contributed by atoms with van der Waals surface area (Å²) in [5.41, 5.74) is 3.83. The van der Waals surface area contributed by atoms with E-state index in [0.717, 1.165) is 26.7 Å². The monoisotopic (exact) mass is 331 g/mol. The first-order valence-electron chi connectivity index (χ1n) is 6.61. The van der Waals surface area contributed by atoms with Crippen molar-refractivity contribution in [1.29, 1.82) is 0 Å². The van der Waals surface area contributed by atoms with E-state index in [0.29, 0.717) is 0 Å². The maximum Gasteiger partial charge on any atom is 0.252 e. The van der Waals surface area contributed by atoms with Gasteiger partial charge in [0.15, 0.2) is 0 Å². The molecule has 2 aromatic carbocycles. The average Bonchev–Trinajstić information content (AvgIpc) is 2.38. The van der Waals surface area contributed by atoms with Crippen molar-refractivity contribution in [2.45, 2.75) is 26.8 Å². The van der Waals surface area contributed by atoms with Crippen LogP contribution in [-0.2, 0) is 0 Å². The van der Waals surface area contributed by atoms with Gasteiger partial charge in [0, 0.05) is 10.0 Å². The standard InChI is InChI=1S/C17H18BrNO/c1-11-9-15(18)10-12(2)16(11)17(20)19-13(3)14-7-5-4-6-8-14/h4-10,13H,1-3H3,(H,19,20). The number of benzene rings is 2. The van der Waals surface area contributed by atoms with E-state index in [-0.39, 0.29) is 11.9 Å². The summed E-state index contributed by atoms with van der Waals surface area (Å²) in [6.45, 7) is 5.91. The molecule has 0 bridgehead atoms. The van der Waals surface area contributed by atoms with Crippen molar-refractivity contribution in [3.63, 3.8) is 0 Å². The second-order valence-electron chi connectivity index (χ2n) is 5.02. The van der Waals surface area contributed by atoms with Gasteiger partial charge in [-0.25, -0.2) is 0 Å². The minimum absolute atomic E-state index is 0.00820. The smallest absolute Gasteiger partial charge is 0.252 e. The van der Waals surface area contributed by atoms with Crippen LogP contribution >= 0.6 is 15.9 Å². The summed E-state index contributed by atoms with van der Waals surface area (Å²) in [5, 5.41) is 3.06. The Labute approximate surface area is 128 Å². The van der Waals surface area contributed by atoms with Crippen molar-refractivity contribution in [2.24, 2.45) is 0 Å². The van der Waals surface area contributed by atoms with Crippen LogP contribution in [0.15, 0.2) is 46.9 Å². The SMILES string of the molecule is Cc1cc(Br)cc(C)c1C(=O)NC(C)c1ccccc1. The number of hydrogen-bond donors (Lipinski definition) is 1. The van der Waals surface area contributed by atoms with E-state index in [1.165, 1.54) is 0 Å². The highest BCUT2D eigenvalue weighted by atomic mass is 79.9. The molecule has 1 unspecified atom stereocenters. The lowest BCUT2D eigenvalue weighted by Crippen LogP contribution is -2.28. The highest BCUT2D eigenvalue weighted by Crippen LogP contribution is 2.21. The van der Waals surface area contributed by atoms with Gasteiger partial charge in [-0.3, -0.25) is 4.79 Å². The van der Waals surface area contributed by atoms with Gasteiger partial charge in [0.25, 0.3) is 5.91 Å². The third-order valence-electron chi connectivity index (χ3n) is 3.37. The Balaban J connectivity index is 2.21. The fraction of sp³-hybridized carbons (Fsp3) is 0.235. The van der Waals surface area contributed by atoms with E-state index in [1.807, 2.05) is 63.2 Å². The van der Waals surface area contributed by atoms with Gasteiger partial charge in [-0.2, -0.15) is 0 Å². The van der Waals surface area contributed by atoms with Crippen LogP contribution < -0.4 is 5.32 Å². The summed E-state index contributed by atoms with van der Waals surface area (Å²) < 4.78 is 1.00. The third kappa shape index (κ3) is 3.28. The zero-order valence-electron chi connectivity index (χ0n) is 11.9. The van der Waals surface area contributed by atoms with E-state index in [4.69, 9.17) is 0 Å². The first kappa shape index (κ1) is 14.8. The minimum Gasteiger partial charge on any atom is -0.346 e. The lowest BCUT2D eigenvalue weighted by molar-refractivity contribution is 0.0938. The first-order chi connectivity index (χ1) is 9.49. The molecule has 2 rings (SSSR count). The van der Waals surface area contributed by atoms with Crippen LogP contribution in [0, 0.1) is 13.8 Å². The highest BCUT2D eigenvalue weighted by molar-refractivity contribution is 9.10. The number of carbonyl (C=O) groups is 1. The van der Waals surface area contributed by atoms with E-state index in [1.54, 1.807) is 0 Å². The predicted octanol–water partition coefficient (Wildman–Crippen LogP) is 4.56. The van der Waals surface area contributed by atoms with Crippen molar-refractivity contribution >= 4 is 21.8 Å². The summed E-state index contributed by atoms with van der Waals surface area (Å²) in [6.07, 6.45) is 0. The van der Waals surface area contributed by atoms with Gasteiger partial charge in [0.2, 0.25) is 0 Å². The zero-order valence-corrected chi connectivity index (χ0v) is 13.5. The maximum absolute atomic E-state index is 12.5. The summed E-state index contributed by atoms with van der Waals surface area (Å²) >= 11 is 3.45. The van der Waals surface area contributed by atoms with Crippen LogP contribution in [-0.4, -0.2) is 5.91 Å². The normalized spacial score (nSPS) is 12.0. The number of amides is 1. The van der Waals surface area contributed by atoms with Gasteiger partial charge in [-0.1, -0.05) is 46.3 Å². The molecule has 3 heteroatoms. The molecule has 2 nitrogen and oxygen atoms in total. The average molecular weight is 332 g/mol. The van der Waals surface area contributed by atoms with E-state index in [2.05, 4.69) is 21.2 Å². The number of hydrogen-bond acceptors (Lipinski definition) is 1. The fourth-order valence-electron chi connectivity index (χ4n) is 2.36. The molecule has 0 heterocycles. The topological polar surface area (TPSA) is 29.1 Å². The van der Waals surface area contributed by atoms with Crippen LogP contribution in [0.25, 0.3) is 0 Å². The van der Waals surface area contributed by atoms with Crippen molar-refractivity contribution in [3.8, 4) is 0 Å². The quantitative estimate of drug-likeness (QED) is 0.877. The fourth-order valence-corrected chi connectivity index (χ4v) is 3.05. The minimum atomic E-state index is -0.0242. The van der Waals surface area contributed by atoms with Crippen molar-refractivity contribution in [1.82, 2.24) is 5.32 Å². The largest absolute Gasteiger partial charge is 0.346 e. The molecule has 1 atom stereocenters. The van der Waals surface area contributed by atoms with E-state index < -0.39 is 0 Å². The molecule has 0 radical (unpaired) electrons. The summed E-state index contributed by atoms with van der Waals surface area (Å²) in [5.74, 6) is -0.0242. The number of aryl methyl sites for hydroxylation is 2. The predicted molar refractivity (Wildman–Crippen MR) is 85.9 cm³/mol. The molecule has 0 aliphatic rings. The second kappa shape index (κ2) is 6.23. The van der Waals surface area contributed by atoms with Crippen LogP contribution in [0.2, 0.25) is 0 Å². The number of rotatable bonds is 3. The second-order valence-corrected chi connectivity index (χ2v) is 5.94. The van der Waals surface area contributed by atoms with E-state index >= 15 is 0 Å². The molecular weight excluding hydrogens is 314 g/mol. The molecule has 0 saturated carbocycles. The lowest BCUT2D eigenvalue weighted by atomic mass is 10.0. The van der Waals surface area contributed by atoms with Gasteiger partial charge in [0.1, 0.15) is 0 Å². The van der Waals surface area contributed by atoms with Gasteiger partial charge < -0.3 is 5.32 Å². The van der Waals surface area contributed by atoms with Crippen LogP contribution in [0.5, 0.6) is 0 Å². The van der Waals surface area contributed by atoms with Gasteiger partial charge in [-0.05, 0) is 49.6 Å². The molecule has 1 amide bonds. The molecule has 104 valence electrons. The molecule has 1 N–H and O–H groups in total. The third-order valence-corrected chi connectivity index (χ3v) is 3.83. The van der Waals surface area contributed by atoms with Gasteiger partial charge in [-0.15, -0.1) is 0 Å². The summed E-state index contributed by atoms with van der Waals surface area (Å²) in [7, 11) is 0. The van der Waals surface area contributed by atoms with Crippen molar-refractivity contribution in [3.05, 3.63) is 69.2 Å². The Kier molecular flexibility index (Phi) is 4.61.